The van der Waals surface area contributed by atoms with Gasteiger partial charge >= 0.3 is 6.18 Å². The van der Waals surface area contributed by atoms with E-state index in [0.717, 1.165) is 28.5 Å². The summed E-state index contributed by atoms with van der Waals surface area (Å²) in [5.74, 6) is -0.259. The standard InChI is InChI=1S/C30H22ClF3N2O3/c1-2-38-27-15-19(13-22(17-35)29(37)36-24-11-6-10-23(16-24)30(32,33)34)14-26(31)28(27)39-18-21-9-5-8-20-7-3-4-12-25(20)21/h3-16H,2,18H2,1H3,(H,36,37)/b22-13+. The summed E-state index contributed by atoms with van der Waals surface area (Å²) < 4.78 is 50.8. The second-order valence-electron chi connectivity index (χ2n) is 8.39. The Hall–Kier alpha value is -4.48. The molecule has 0 atom stereocenters. The smallest absolute Gasteiger partial charge is 0.416 e. The summed E-state index contributed by atoms with van der Waals surface area (Å²) in [4.78, 5) is 12.7. The van der Waals surface area contributed by atoms with Gasteiger partial charge in [-0.1, -0.05) is 60.1 Å². The molecule has 4 aromatic rings. The van der Waals surface area contributed by atoms with Crippen molar-refractivity contribution in [3.05, 3.63) is 106 Å². The fourth-order valence-corrected chi connectivity index (χ4v) is 4.20. The van der Waals surface area contributed by atoms with E-state index < -0.39 is 17.6 Å². The molecular weight excluding hydrogens is 529 g/mol. The van der Waals surface area contributed by atoms with Crippen molar-refractivity contribution >= 4 is 40.0 Å². The van der Waals surface area contributed by atoms with E-state index in [2.05, 4.69) is 5.32 Å². The summed E-state index contributed by atoms with van der Waals surface area (Å²) in [7, 11) is 0. The molecular formula is C30H22ClF3N2O3. The molecule has 4 aromatic carbocycles. The minimum absolute atomic E-state index is 0.0961. The maximum absolute atomic E-state index is 13.0. The first-order valence-electron chi connectivity index (χ1n) is 11.9. The van der Waals surface area contributed by atoms with E-state index in [1.165, 1.54) is 24.3 Å². The number of hydrogen-bond acceptors (Lipinski definition) is 4. The van der Waals surface area contributed by atoms with Crippen molar-refractivity contribution in [2.45, 2.75) is 19.7 Å². The second kappa shape index (κ2) is 11.9. The lowest BCUT2D eigenvalue weighted by atomic mass is 10.1. The molecule has 0 fully saturated rings. The zero-order valence-corrected chi connectivity index (χ0v) is 21.4. The van der Waals surface area contributed by atoms with Crippen LogP contribution in [-0.4, -0.2) is 12.5 Å². The SMILES string of the molecule is CCOc1cc(/C=C(\C#N)C(=O)Nc2cccc(C(F)(F)F)c2)cc(Cl)c1OCc1cccc2ccccc12. The highest BCUT2D eigenvalue weighted by atomic mass is 35.5. The van der Waals surface area contributed by atoms with Gasteiger partial charge in [-0.3, -0.25) is 4.79 Å². The fraction of sp³-hybridized carbons (Fsp3) is 0.133. The average Bonchev–Trinajstić information content (AvgIpc) is 2.91. The Labute approximate surface area is 228 Å². The summed E-state index contributed by atoms with van der Waals surface area (Å²) in [6.45, 7) is 2.31. The van der Waals surface area contributed by atoms with Crippen LogP contribution in [0.3, 0.4) is 0 Å². The van der Waals surface area contributed by atoms with E-state index in [1.54, 1.807) is 19.1 Å². The number of nitriles is 1. The van der Waals surface area contributed by atoms with Gasteiger partial charge in [0.1, 0.15) is 18.2 Å². The molecule has 4 rings (SSSR count). The molecule has 0 spiro atoms. The second-order valence-corrected chi connectivity index (χ2v) is 8.80. The van der Waals surface area contributed by atoms with Crippen LogP contribution in [0.5, 0.6) is 11.5 Å². The summed E-state index contributed by atoms with van der Waals surface area (Å²) >= 11 is 6.53. The Morgan fingerprint density at radius 2 is 1.77 bits per heavy atom. The predicted octanol–water partition coefficient (Wildman–Crippen LogP) is 8.04. The summed E-state index contributed by atoms with van der Waals surface area (Å²) in [5.41, 5.74) is -0.0307. The van der Waals surface area contributed by atoms with Crippen molar-refractivity contribution in [1.29, 1.82) is 5.26 Å². The molecule has 0 aliphatic rings. The van der Waals surface area contributed by atoms with E-state index in [0.29, 0.717) is 23.7 Å². The van der Waals surface area contributed by atoms with Crippen LogP contribution in [0.25, 0.3) is 16.8 Å². The lowest BCUT2D eigenvalue weighted by molar-refractivity contribution is -0.137. The molecule has 1 amide bonds. The number of hydrogen-bond donors (Lipinski definition) is 1. The Morgan fingerprint density at radius 3 is 2.51 bits per heavy atom. The molecule has 0 saturated heterocycles. The maximum atomic E-state index is 13.0. The van der Waals surface area contributed by atoms with E-state index in [4.69, 9.17) is 21.1 Å². The third-order valence-electron chi connectivity index (χ3n) is 5.71. The molecule has 9 heteroatoms. The Morgan fingerprint density at radius 1 is 1.03 bits per heavy atom. The zero-order chi connectivity index (χ0) is 28.0. The summed E-state index contributed by atoms with van der Waals surface area (Å²) in [6, 6.07) is 22.8. The monoisotopic (exact) mass is 550 g/mol. The number of carbonyl (C=O) groups is 1. The first-order chi connectivity index (χ1) is 18.7. The lowest BCUT2D eigenvalue weighted by Crippen LogP contribution is -2.14. The van der Waals surface area contributed by atoms with Gasteiger partial charge in [-0.15, -0.1) is 0 Å². The van der Waals surface area contributed by atoms with Gasteiger partial charge < -0.3 is 14.8 Å². The van der Waals surface area contributed by atoms with Gasteiger partial charge in [-0.25, -0.2) is 0 Å². The van der Waals surface area contributed by atoms with Crippen molar-refractivity contribution in [3.8, 4) is 17.6 Å². The molecule has 0 aromatic heterocycles. The number of anilines is 1. The third kappa shape index (κ3) is 6.70. The normalized spacial score (nSPS) is 11.6. The average molecular weight is 551 g/mol. The first kappa shape index (κ1) is 27.6. The molecule has 39 heavy (non-hydrogen) atoms. The van der Waals surface area contributed by atoms with Crippen LogP contribution in [0, 0.1) is 11.3 Å². The lowest BCUT2D eigenvalue weighted by Gasteiger charge is -2.15. The minimum Gasteiger partial charge on any atom is -0.490 e. The van der Waals surface area contributed by atoms with E-state index in [1.807, 2.05) is 42.5 Å². The summed E-state index contributed by atoms with van der Waals surface area (Å²) in [5, 5.41) is 14.2. The largest absolute Gasteiger partial charge is 0.490 e. The zero-order valence-electron chi connectivity index (χ0n) is 20.7. The molecule has 0 radical (unpaired) electrons. The predicted molar refractivity (Wildman–Crippen MR) is 145 cm³/mol. The van der Waals surface area contributed by atoms with E-state index in [-0.39, 0.29) is 22.9 Å². The van der Waals surface area contributed by atoms with Crippen LogP contribution in [0.4, 0.5) is 18.9 Å². The number of ether oxygens (including phenoxy) is 2. The molecule has 0 aliphatic heterocycles. The van der Waals surface area contributed by atoms with Crippen LogP contribution in [-0.2, 0) is 17.6 Å². The Balaban J connectivity index is 1.58. The van der Waals surface area contributed by atoms with Crippen molar-refractivity contribution in [1.82, 2.24) is 0 Å². The highest BCUT2D eigenvalue weighted by Crippen LogP contribution is 2.38. The highest BCUT2D eigenvalue weighted by molar-refractivity contribution is 6.32. The van der Waals surface area contributed by atoms with Crippen LogP contribution < -0.4 is 14.8 Å². The van der Waals surface area contributed by atoms with E-state index >= 15 is 0 Å². The molecule has 1 N–H and O–H groups in total. The van der Waals surface area contributed by atoms with Crippen LogP contribution in [0.1, 0.15) is 23.6 Å². The topological polar surface area (TPSA) is 71.3 Å². The third-order valence-corrected chi connectivity index (χ3v) is 5.99. The van der Waals surface area contributed by atoms with Crippen molar-refractivity contribution < 1.29 is 27.4 Å². The fourth-order valence-electron chi connectivity index (χ4n) is 3.93. The number of nitrogens with zero attached hydrogens (tertiary/aromatic N) is 1. The number of halogens is 4. The van der Waals surface area contributed by atoms with Gasteiger partial charge in [0.25, 0.3) is 5.91 Å². The number of alkyl halides is 3. The van der Waals surface area contributed by atoms with Crippen molar-refractivity contribution in [2.24, 2.45) is 0 Å². The number of rotatable bonds is 8. The van der Waals surface area contributed by atoms with Gasteiger partial charge in [-0.2, -0.15) is 18.4 Å². The van der Waals surface area contributed by atoms with Gasteiger partial charge in [0.2, 0.25) is 0 Å². The van der Waals surface area contributed by atoms with Gasteiger partial charge in [-0.05, 0) is 65.2 Å². The number of benzene rings is 4. The molecule has 0 aliphatic carbocycles. The minimum atomic E-state index is -4.57. The van der Waals surface area contributed by atoms with Gasteiger partial charge in [0, 0.05) is 5.69 Å². The molecule has 5 nitrogen and oxygen atoms in total. The molecule has 0 heterocycles. The number of carbonyl (C=O) groups excluding carboxylic acids is 1. The summed E-state index contributed by atoms with van der Waals surface area (Å²) in [6.07, 6.45) is -3.30. The molecule has 198 valence electrons. The first-order valence-corrected chi connectivity index (χ1v) is 12.2. The van der Waals surface area contributed by atoms with Crippen LogP contribution in [0.15, 0.2) is 84.4 Å². The molecule has 0 unspecified atom stereocenters. The van der Waals surface area contributed by atoms with Gasteiger partial charge in [0.05, 0.1) is 17.2 Å². The highest BCUT2D eigenvalue weighted by Gasteiger charge is 2.30. The number of nitrogens with one attached hydrogen (secondary N) is 1. The van der Waals surface area contributed by atoms with Crippen LogP contribution >= 0.6 is 11.6 Å². The molecule has 0 saturated carbocycles. The van der Waals surface area contributed by atoms with E-state index in [9.17, 15) is 23.2 Å². The number of amides is 1. The van der Waals surface area contributed by atoms with Crippen molar-refractivity contribution in [2.75, 3.05) is 11.9 Å². The van der Waals surface area contributed by atoms with Crippen molar-refractivity contribution in [3.63, 3.8) is 0 Å². The Bertz CT molecular complexity index is 1590. The number of fused-ring (bicyclic) bond motifs is 1. The molecule has 0 bridgehead atoms. The quantitative estimate of drug-likeness (QED) is 0.178. The maximum Gasteiger partial charge on any atom is 0.416 e. The Kier molecular flexibility index (Phi) is 8.43. The van der Waals surface area contributed by atoms with Crippen LogP contribution in [0.2, 0.25) is 5.02 Å². The van der Waals surface area contributed by atoms with Gasteiger partial charge in [0.15, 0.2) is 11.5 Å².